The number of halogens is 3. The van der Waals surface area contributed by atoms with Gasteiger partial charge in [0.2, 0.25) is 0 Å². The van der Waals surface area contributed by atoms with Crippen LogP contribution >= 0.6 is 22.9 Å². The molecule has 0 amide bonds. The minimum atomic E-state index is -0.603. The second kappa shape index (κ2) is 5.31. The van der Waals surface area contributed by atoms with Crippen LogP contribution in [0.25, 0.3) is 10.2 Å². The van der Waals surface area contributed by atoms with Crippen molar-refractivity contribution in [1.29, 1.82) is 0 Å². The van der Waals surface area contributed by atoms with Crippen LogP contribution in [0.15, 0.2) is 18.2 Å². The lowest BCUT2D eigenvalue weighted by atomic mass is 10.1. The van der Waals surface area contributed by atoms with E-state index < -0.39 is 11.6 Å². The summed E-state index contributed by atoms with van der Waals surface area (Å²) in [5, 5.41) is 1.22. The molecule has 3 aromatic rings. The van der Waals surface area contributed by atoms with Gasteiger partial charge in [0.1, 0.15) is 27.4 Å². The number of rotatable bonds is 2. The second-order valence-electron chi connectivity index (χ2n) is 4.81. The van der Waals surface area contributed by atoms with Gasteiger partial charge in [-0.15, -0.1) is 11.3 Å². The van der Waals surface area contributed by atoms with Crippen molar-refractivity contribution in [3.63, 3.8) is 0 Å². The van der Waals surface area contributed by atoms with Gasteiger partial charge in [0.15, 0.2) is 0 Å². The summed E-state index contributed by atoms with van der Waals surface area (Å²) in [6.07, 6.45) is 0.178. The molecule has 0 fully saturated rings. The summed E-state index contributed by atoms with van der Waals surface area (Å²) >= 11 is 7.75. The number of nitrogens with zero attached hydrogens (tertiary/aromatic N) is 2. The molecule has 0 N–H and O–H groups in total. The fourth-order valence-electron chi connectivity index (χ4n) is 2.16. The Labute approximate surface area is 129 Å². The van der Waals surface area contributed by atoms with E-state index in [-0.39, 0.29) is 6.42 Å². The van der Waals surface area contributed by atoms with E-state index in [1.54, 1.807) is 0 Å². The van der Waals surface area contributed by atoms with Crippen molar-refractivity contribution in [3.05, 3.63) is 56.8 Å². The van der Waals surface area contributed by atoms with E-state index in [9.17, 15) is 8.78 Å². The molecule has 6 heteroatoms. The summed E-state index contributed by atoms with van der Waals surface area (Å²) in [6.45, 7) is 3.97. The lowest BCUT2D eigenvalue weighted by molar-refractivity contribution is 0.573. The Kier molecular flexibility index (Phi) is 3.63. The Morgan fingerprint density at radius 3 is 2.67 bits per heavy atom. The van der Waals surface area contributed by atoms with E-state index in [1.165, 1.54) is 23.5 Å². The van der Waals surface area contributed by atoms with E-state index in [4.69, 9.17) is 11.6 Å². The summed E-state index contributed by atoms with van der Waals surface area (Å²) in [5.41, 5.74) is 1.41. The molecule has 2 heterocycles. The number of hydrogen-bond donors (Lipinski definition) is 0. The summed E-state index contributed by atoms with van der Waals surface area (Å²) in [7, 11) is 0. The van der Waals surface area contributed by atoms with Gasteiger partial charge in [-0.2, -0.15) is 0 Å². The SMILES string of the molecule is Cc1sc2nc(Cc3ccc(F)cc3F)nc(Cl)c2c1C. The molecule has 2 aromatic heterocycles. The quantitative estimate of drug-likeness (QED) is 0.631. The van der Waals surface area contributed by atoms with Crippen LogP contribution in [0.1, 0.15) is 21.8 Å². The number of hydrogen-bond acceptors (Lipinski definition) is 3. The highest BCUT2D eigenvalue weighted by molar-refractivity contribution is 7.18. The molecule has 0 spiro atoms. The maximum atomic E-state index is 13.7. The monoisotopic (exact) mass is 324 g/mol. The molecule has 0 radical (unpaired) electrons. The van der Waals surface area contributed by atoms with Crippen molar-refractivity contribution < 1.29 is 8.78 Å². The first kappa shape index (κ1) is 14.4. The van der Waals surface area contributed by atoms with Gasteiger partial charge in [-0.1, -0.05) is 17.7 Å². The van der Waals surface area contributed by atoms with Crippen molar-refractivity contribution in [1.82, 2.24) is 9.97 Å². The highest BCUT2D eigenvalue weighted by atomic mass is 35.5. The number of aromatic nitrogens is 2. The maximum Gasteiger partial charge on any atom is 0.141 e. The molecule has 2 nitrogen and oxygen atoms in total. The Balaban J connectivity index is 2.05. The Hall–Kier alpha value is -1.59. The van der Waals surface area contributed by atoms with Crippen molar-refractivity contribution in [3.8, 4) is 0 Å². The number of thiophene rings is 1. The summed E-state index contributed by atoms with van der Waals surface area (Å²) in [4.78, 5) is 10.6. The molecule has 0 aliphatic rings. The average molecular weight is 325 g/mol. The Bertz CT molecular complexity index is 845. The smallest absolute Gasteiger partial charge is 0.141 e. The van der Waals surface area contributed by atoms with Gasteiger partial charge in [-0.3, -0.25) is 0 Å². The molecule has 108 valence electrons. The van der Waals surface area contributed by atoms with Crippen LogP contribution in [0, 0.1) is 25.5 Å². The van der Waals surface area contributed by atoms with Gasteiger partial charge in [-0.05, 0) is 31.0 Å². The summed E-state index contributed by atoms with van der Waals surface area (Å²) < 4.78 is 26.6. The fourth-order valence-corrected chi connectivity index (χ4v) is 3.59. The van der Waals surface area contributed by atoms with Gasteiger partial charge in [0.25, 0.3) is 0 Å². The van der Waals surface area contributed by atoms with Gasteiger partial charge in [0, 0.05) is 17.4 Å². The number of aryl methyl sites for hydroxylation is 2. The van der Waals surface area contributed by atoms with Crippen molar-refractivity contribution >= 4 is 33.2 Å². The molecular weight excluding hydrogens is 314 g/mol. The van der Waals surface area contributed by atoms with Gasteiger partial charge in [-0.25, -0.2) is 18.7 Å². The van der Waals surface area contributed by atoms with Crippen molar-refractivity contribution in [2.45, 2.75) is 20.3 Å². The second-order valence-corrected chi connectivity index (χ2v) is 6.37. The van der Waals surface area contributed by atoms with E-state index in [1.807, 2.05) is 13.8 Å². The van der Waals surface area contributed by atoms with E-state index in [0.29, 0.717) is 16.5 Å². The molecule has 3 rings (SSSR count). The first-order valence-corrected chi connectivity index (χ1v) is 7.51. The van der Waals surface area contributed by atoms with Crippen LogP contribution in [0.3, 0.4) is 0 Å². The third kappa shape index (κ3) is 2.63. The van der Waals surface area contributed by atoms with E-state index in [2.05, 4.69) is 9.97 Å². The zero-order chi connectivity index (χ0) is 15.1. The molecule has 0 saturated heterocycles. The third-order valence-corrected chi connectivity index (χ3v) is 4.77. The number of benzene rings is 1. The zero-order valence-electron chi connectivity index (χ0n) is 11.4. The maximum absolute atomic E-state index is 13.7. The average Bonchev–Trinajstić information content (AvgIpc) is 2.69. The standard InChI is InChI=1S/C15H11ClF2N2S/c1-7-8(2)21-15-13(7)14(16)19-12(20-15)5-9-3-4-10(17)6-11(9)18/h3-4,6H,5H2,1-2H3. The fraction of sp³-hybridized carbons (Fsp3) is 0.200. The molecule has 1 aromatic carbocycles. The third-order valence-electron chi connectivity index (χ3n) is 3.39. The van der Waals surface area contributed by atoms with Crippen LogP contribution in [-0.2, 0) is 6.42 Å². The first-order chi connectivity index (χ1) is 9.95. The van der Waals surface area contributed by atoms with Crippen molar-refractivity contribution in [2.75, 3.05) is 0 Å². The molecule has 0 bridgehead atoms. The molecule has 0 atom stereocenters. The van der Waals surface area contributed by atoms with Gasteiger partial charge in [0.05, 0.1) is 5.39 Å². The predicted octanol–water partition coefficient (Wildman–Crippen LogP) is 4.83. The van der Waals surface area contributed by atoms with Crippen molar-refractivity contribution in [2.24, 2.45) is 0 Å². The highest BCUT2D eigenvalue weighted by Crippen LogP contribution is 2.33. The van der Waals surface area contributed by atoms with Crippen LogP contribution in [-0.4, -0.2) is 9.97 Å². The molecule has 0 saturated carbocycles. The lowest BCUT2D eigenvalue weighted by Gasteiger charge is -2.04. The molecule has 0 aliphatic carbocycles. The van der Waals surface area contributed by atoms with Gasteiger partial charge < -0.3 is 0 Å². The van der Waals surface area contributed by atoms with Crippen LogP contribution in [0.5, 0.6) is 0 Å². The number of fused-ring (bicyclic) bond motifs is 1. The van der Waals surface area contributed by atoms with Crippen LogP contribution in [0.4, 0.5) is 8.78 Å². The first-order valence-electron chi connectivity index (χ1n) is 6.31. The summed E-state index contributed by atoms with van der Waals surface area (Å²) in [5.74, 6) is -0.775. The molecule has 0 unspecified atom stereocenters. The highest BCUT2D eigenvalue weighted by Gasteiger charge is 2.14. The summed E-state index contributed by atoms with van der Waals surface area (Å²) in [6, 6.07) is 3.48. The Morgan fingerprint density at radius 1 is 1.19 bits per heavy atom. The van der Waals surface area contributed by atoms with Crippen LogP contribution < -0.4 is 0 Å². The molecular formula is C15H11ClF2N2S. The molecule has 21 heavy (non-hydrogen) atoms. The minimum Gasteiger partial charge on any atom is -0.222 e. The Morgan fingerprint density at radius 2 is 1.95 bits per heavy atom. The van der Waals surface area contributed by atoms with Gasteiger partial charge >= 0.3 is 0 Å². The normalized spacial score (nSPS) is 11.3. The predicted molar refractivity (Wildman–Crippen MR) is 81.1 cm³/mol. The largest absolute Gasteiger partial charge is 0.222 e. The topological polar surface area (TPSA) is 25.8 Å². The van der Waals surface area contributed by atoms with E-state index >= 15 is 0 Å². The van der Waals surface area contributed by atoms with E-state index in [0.717, 1.165) is 26.7 Å². The van der Waals surface area contributed by atoms with Crippen LogP contribution in [0.2, 0.25) is 5.15 Å². The minimum absolute atomic E-state index is 0.178. The lowest BCUT2D eigenvalue weighted by Crippen LogP contribution is -2.00. The zero-order valence-corrected chi connectivity index (χ0v) is 12.9. The molecule has 0 aliphatic heterocycles.